The second kappa shape index (κ2) is 13.6. The van der Waals surface area contributed by atoms with Crippen LogP contribution in [0.3, 0.4) is 0 Å². The summed E-state index contributed by atoms with van der Waals surface area (Å²) in [5, 5.41) is 13.6. The van der Waals surface area contributed by atoms with Gasteiger partial charge in [0.25, 0.3) is 5.91 Å². The molecule has 1 aliphatic rings. The lowest BCUT2D eigenvalue weighted by molar-refractivity contribution is -0.124. The number of carbonyl (C=O) groups is 2. The number of nitrogens with zero attached hydrogens (tertiary/aromatic N) is 1. The van der Waals surface area contributed by atoms with E-state index in [1.54, 1.807) is 17.0 Å². The summed E-state index contributed by atoms with van der Waals surface area (Å²) in [6, 6.07) is 33.8. The average molecular weight is 567 g/mol. The molecule has 0 radical (unpaired) electrons. The molecule has 5 rings (SSSR count). The summed E-state index contributed by atoms with van der Waals surface area (Å²) in [7, 11) is 0. The van der Waals surface area contributed by atoms with E-state index in [0.717, 1.165) is 48.1 Å². The van der Waals surface area contributed by atoms with Gasteiger partial charge in [0.2, 0.25) is 5.91 Å². The summed E-state index contributed by atoms with van der Waals surface area (Å²) >= 11 is 6.39. The Kier molecular flexibility index (Phi) is 9.50. The third kappa shape index (κ3) is 6.87. The minimum atomic E-state index is -0.456. The highest BCUT2D eigenvalue weighted by Crippen LogP contribution is 2.38. The van der Waals surface area contributed by atoms with Gasteiger partial charge in [0, 0.05) is 5.69 Å². The lowest BCUT2D eigenvalue weighted by Crippen LogP contribution is -2.37. The fourth-order valence-electron chi connectivity index (χ4n) is 5.79. The molecule has 1 fully saturated rings. The van der Waals surface area contributed by atoms with Crippen molar-refractivity contribution in [1.29, 1.82) is 0 Å². The first-order valence-electron chi connectivity index (χ1n) is 14.2. The number of benzene rings is 4. The number of hydrogen-bond acceptors (Lipinski definition) is 3. The smallest absolute Gasteiger partial charge is 0.260 e. The topological polar surface area (TPSA) is 69.6 Å². The second-order valence-corrected chi connectivity index (χ2v) is 11.0. The van der Waals surface area contributed by atoms with E-state index in [4.69, 9.17) is 11.6 Å². The van der Waals surface area contributed by atoms with Crippen molar-refractivity contribution in [2.24, 2.45) is 5.92 Å². The Hall–Kier alpha value is -3.93. The third-order valence-corrected chi connectivity index (χ3v) is 8.28. The Morgan fingerprint density at radius 2 is 1.41 bits per heavy atom. The van der Waals surface area contributed by atoms with E-state index in [9.17, 15) is 14.7 Å². The number of aliphatic hydroxyl groups excluding tert-OH is 1. The minimum absolute atomic E-state index is 0.0626. The van der Waals surface area contributed by atoms with Crippen LogP contribution in [0, 0.1) is 5.92 Å². The van der Waals surface area contributed by atoms with E-state index in [1.165, 1.54) is 0 Å². The highest BCUT2D eigenvalue weighted by atomic mass is 35.5. The molecule has 4 aromatic rings. The summed E-state index contributed by atoms with van der Waals surface area (Å²) < 4.78 is 0. The fraction of sp³-hybridized carbons (Fsp3) is 0.257. The van der Waals surface area contributed by atoms with Gasteiger partial charge in [0.1, 0.15) is 0 Å². The lowest BCUT2D eigenvalue weighted by Gasteiger charge is -2.27. The first kappa shape index (κ1) is 28.6. The molecule has 4 aromatic carbocycles. The van der Waals surface area contributed by atoms with Crippen LogP contribution in [-0.4, -0.2) is 23.5 Å². The van der Waals surface area contributed by atoms with Crippen LogP contribution in [0.15, 0.2) is 109 Å². The maximum Gasteiger partial charge on any atom is 0.260 e. The molecule has 1 saturated carbocycles. The molecule has 41 heavy (non-hydrogen) atoms. The van der Waals surface area contributed by atoms with Crippen LogP contribution < -0.4 is 10.2 Å². The van der Waals surface area contributed by atoms with Crippen molar-refractivity contribution >= 4 is 29.1 Å². The molecule has 0 spiro atoms. The summed E-state index contributed by atoms with van der Waals surface area (Å²) in [6.45, 7) is 0.191. The molecular weight excluding hydrogens is 532 g/mol. The molecular formula is C35H35ClN2O3. The van der Waals surface area contributed by atoms with Gasteiger partial charge in [-0.3, -0.25) is 9.59 Å². The van der Waals surface area contributed by atoms with Gasteiger partial charge in [-0.2, -0.15) is 0 Å². The number of para-hydroxylation sites is 1. The molecule has 0 heterocycles. The van der Waals surface area contributed by atoms with E-state index >= 15 is 0 Å². The zero-order valence-electron chi connectivity index (χ0n) is 23.0. The van der Waals surface area contributed by atoms with Gasteiger partial charge in [-0.25, -0.2) is 0 Å². The standard InChI is InChI=1S/C35H35ClN2O3/c36-31-18-10-9-17-30(31)35(41)38(29-15-5-2-6-16-29)23-25-19-21-28(22-20-25)33(27-13-7-8-14-27)34(40)37-32(24-39)26-11-3-1-4-12-26/h1-6,9-12,15-22,27,32-33,39H,7-8,13-14,23-24H2,(H,37,40). The summed E-state index contributed by atoms with van der Waals surface area (Å²) in [5.41, 5.74) is 4.01. The molecule has 1 aliphatic carbocycles. The predicted octanol–water partition coefficient (Wildman–Crippen LogP) is 7.31. The number of aliphatic hydroxyl groups is 1. The van der Waals surface area contributed by atoms with E-state index < -0.39 is 6.04 Å². The maximum absolute atomic E-state index is 13.7. The number of carbonyl (C=O) groups excluding carboxylic acids is 2. The molecule has 5 nitrogen and oxygen atoms in total. The summed E-state index contributed by atoms with van der Waals surface area (Å²) in [4.78, 5) is 29.1. The maximum atomic E-state index is 13.7. The number of nitrogens with one attached hydrogen (secondary N) is 1. The largest absolute Gasteiger partial charge is 0.394 e. The quantitative estimate of drug-likeness (QED) is 0.211. The number of anilines is 1. The van der Waals surface area contributed by atoms with Crippen LogP contribution >= 0.6 is 11.6 Å². The molecule has 0 saturated heterocycles. The van der Waals surface area contributed by atoms with Crippen LogP contribution in [0.1, 0.15) is 64.7 Å². The zero-order valence-corrected chi connectivity index (χ0v) is 23.7. The number of halogens is 1. The molecule has 2 amide bonds. The van der Waals surface area contributed by atoms with Crippen LogP contribution in [0.5, 0.6) is 0 Å². The van der Waals surface area contributed by atoms with Crippen molar-refractivity contribution in [1.82, 2.24) is 5.32 Å². The highest BCUT2D eigenvalue weighted by Gasteiger charge is 2.33. The number of rotatable bonds is 10. The Labute approximate surface area is 246 Å². The van der Waals surface area contributed by atoms with Crippen molar-refractivity contribution in [2.75, 3.05) is 11.5 Å². The molecule has 0 bridgehead atoms. The highest BCUT2D eigenvalue weighted by molar-refractivity contribution is 6.34. The van der Waals surface area contributed by atoms with Crippen molar-refractivity contribution < 1.29 is 14.7 Å². The Morgan fingerprint density at radius 3 is 2.05 bits per heavy atom. The Balaban J connectivity index is 1.39. The zero-order chi connectivity index (χ0) is 28.6. The monoisotopic (exact) mass is 566 g/mol. The summed E-state index contributed by atoms with van der Waals surface area (Å²) in [5.74, 6) is -0.296. The molecule has 2 unspecified atom stereocenters. The molecule has 210 valence electrons. The number of amides is 2. The van der Waals surface area contributed by atoms with E-state index in [-0.39, 0.29) is 30.3 Å². The minimum Gasteiger partial charge on any atom is -0.394 e. The molecule has 0 aromatic heterocycles. The van der Waals surface area contributed by atoms with Crippen molar-refractivity contribution in [3.63, 3.8) is 0 Å². The first-order valence-corrected chi connectivity index (χ1v) is 14.6. The first-order chi connectivity index (χ1) is 20.0. The Bertz CT molecular complexity index is 1440. The third-order valence-electron chi connectivity index (χ3n) is 7.95. The molecule has 6 heteroatoms. The van der Waals surface area contributed by atoms with Gasteiger partial charge in [0.05, 0.1) is 35.7 Å². The second-order valence-electron chi connectivity index (χ2n) is 10.6. The van der Waals surface area contributed by atoms with Crippen LogP contribution in [0.4, 0.5) is 5.69 Å². The predicted molar refractivity (Wildman–Crippen MR) is 164 cm³/mol. The van der Waals surface area contributed by atoms with Gasteiger partial charge < -0.3 is 15.3 Å². The van der Waals surface area contributed by atoms with Gasteiger partial charge in [0.15, 0.2) is 0 Å². The van der Waals surface area contributed by atoms with Crippen molar-refractivity contribution in [2.45, 2.75) is 44.2 Å². The van der Waals surface area contributed by atoms with Crippen molar-refractivity contribution in [3.8, 4) is 0 Å². The molecule has 2 atom stereocenters. The van der Waals surface area contributed by atoms with E-state index in [1.807, 2.05) is 97.1 Å². The lowest BCUT2D eigenvalue weighted by atomic mass is 9.83. The normalized spacial score (nSPS) is 14.8. The Morgan fingerprint density at radius 1 is 0.805 bits per heavy atom. The number of hydrogen-bond donors (Lipinski definition) is 2. The summed E-state index contributed by atoms with van der Waals surface area (Å²) in [6.07, 6.45) is 4.24. The van der Waals surface area contributed by atoms with Crippen molar-refractivity contribution in [3.05, 3.63) is 136 Å². The van der Waals surface area contributed by atoms with Crippen LogP contribution in [0.2, 0.25) is 5.02 Å². The van der Waals surface area contributed by atoms with Crippen LogP contribution in [-0.2, 0) is 11.3 Å². The average Bonchev–Trinajstić information content (AvgIpc) is 3.55. The van der Waals surface area contributed by atoms with Gasteiger partial charge in [-0.1, -0.05) is 109 Å². The van der Waals surface area contributed by atoms with Gasteiger partial charge >= 0.3 is 0 Å². The van der Waals surface area contributed by atoms with Crippen LogP contribution in [0.25, 0.3) is 0 Å². The molecule has 2 N–H and O–H groups in total. The van der Waals surface area contributed by atoms with E-state index in [2.05, 4.69) is 5.32 Å². The fourth-order valence-corrected chi connectivity index (χ4v) is 6.01. The van der Waals surface area contributed by atoms with E-state index in [0.29, 0.717) is 17.1 Å². The van der Waals surface area contributed by atoms with Gasteiger partial charge in [-0.05, 0) is 59.7 Å². The molecule has 0 aliphatic heterocycles. The SMILES string of the molecule is O=C(NC(CO)c1ccccc1)C(c1ccc(CN(C(=O)c2ccccc2Cl)c2ccccc2)cc1)C1CCCC1. The van der Waals surface area contributed by atoms with Gasteiger partial charge in [-0.15, -0.1) is 0 Å².